The molecule has 1 aromatic rings. The molecule has 0 saturated carbocycles. The van der Waals surface area contributed by atoms with Crippen LogP contribution in [0.3, 0.4) is 0 Å². The lowest BCUT2D eigenvalue weighted by Gasteiger charge is -2.30. The van der Waals surface area contributed by atoms with Gasteiger partial charge in [0.25, 0.3) is 0 Å². The van der Waals surface area contributed by atoms with Crippen molar-refractivity contribution in [3.8, 4) is 0 Å². The fourth-order valence-electron chi connectivity index (χ4n) is 2.79. The van der Waals surface area contributed by atoms with Crippen LogP contribution in [0.4, 0.5) is 0 Å². The highest BCUT2D eigenvalue weighted by atomic mass is 16.5. The van der Waals surface area contributed by atoms with Crippen molar-refractivity contribution < 1.29 is 9.53 Å². The average Bonchev–Trinajstić information content (AvgIpc) is 3.01. The van der Waals surface area contributed by atoms with Crippen LogP contribution in [0.25, 0.3) is 0 Å². The molecule has 0 bridgehead atoms. The summed E-state index contributed by atoms with van der Waals surface area (Å²) in [5, 5.41) is 3.09. The number of carbonyl (C=O) groups is 1. The second kappa shape index (κ2) is 8.30. The maximum Gasteiger partial charge on any atom is 0.249 e. The standard InChI is InChI=1S/C18H28N2O2/c1-14(2)20(13-16-8-5-4-6-9-16)12-15(3)19-18(21)17-10-7-11-22-17/h4-6,8-9,14-15,17H,7,10-13H2,1-3H3,(H,19,21). The van der Waals surface area contributed by atoms with E-state index in [9.17, 15) is 4.79 Å². The number of nitrogens with zero attached hydrogens (tertiary/aromatic N) is 1. The number of ether oxygens (including phenoxy) is 1. The highest BCUT2D eigenvalue weighted by Gasteiger charge is 2.25. The van der Waals surface area contributed by atoms with Crippen LogP contribution < -0.4 is 5.32 Å². The van der Waals surface area contributed by atoms with E-state index < -0.39 is 0 Å². The second-order valence-corrected chi connectivity index (χ2v) is 6.42. The first kappa shape index (κ1) is 17.0. The first-order chi connectivity index (χ1) is 10.6. The minimum atomic E-state index is -0.246. The summed E-state index contributed by atoms with van der Waals surface area (Å²) in [5.74, 6) is 0.0356. The summed E-state index contributed by atoms with van der Waals surface area (Å²) in [5.41, 5.74) is 1.30. The largest absolute Gasteiger partial charge is 0.368 e. The molecular formula is C18H28N2O2. The number of nitrogens with one attached hydrogen (secondary N) is 1. The number of hydrogen-bond donors (Lipinski definition) is 1. The predicted molar refractivity (Wildman–Crippen MR) is 88.6 cm³/mol. The predicted octanol–water partition coefficient (Wildman–Crippen LogP) is 2.58. The van der Waals surface area contributed by atoms with Gasteiger partial charge in [-0.05, 0) is 39.2 Å². The van der Waals surface area contributed by atoms with Gasteiger partial charge in [-0.3, -0.25) is 9.69 Å². The number of amides is 1. The van der Waals surface area contributed by atoms with Gasteiger partial charge in [0, 0.05) is 31.8 Å². The van der Waals surface area contributed by atoms with E-state index in [1.165, 1.54) is 5.56 Å². The van der Waals surface area contributed by atoms with Crippen LogP contribution in [0.1, 0.15) is 39.2 Å². The summed E-state index contributed by atoms with van der Waals surface area (Å²) in [4.78, 5) is 14.5. The molecule has 1 aliphatic rings. The van der Waals surface area contributed by atoms with Gasteiger partial charge in [-0.1, -0.05) is 30.3 Å². The third kappa shape index (κ3) is 5.11. The van der Waals surface area contributed by atoms with Crippen molar-refractivity contribution in [2.75, 3.05) is 13.2 Å². The van der Waals surface area contributed by atoms with E-state index in [0.29, 0.717) is 12.6 Å². The molecule has 1 aromatic carbocycles. The normalized spacial score (nSPS) is 19.6. The molecule has 2 rings (SSSR count). The van der Waals surface area contributed by atoms with Crippen molar-refractivity contribution in [1.29, 1.82) is 0 Å². The minimum Gasteiger partial charge on any atom is -0.368 e. The van der Waals surface area contributed by atoms with Gasteiger partial charge in [-0.15, -0.1) is 0 Å². The van der Waals surface area contributed by atoms with E-state index in [2.05, 4.69) is 55.3 Å². The third-order valence-corrected chi connectivity index (χ3v) is 4.08. The maximum atomic E-state index is 12.1. The summed E-state index contributed by atoms with van der Waals surface area (Å²) < 4.78 is 5.44. The van der Waals surface area contributed by atoms with Crippen molar-refractivity contribution in [3.05, 3.63) is 35.9 Å². The Labute approximate surface area is 133 Å². The van der Waals surface area contributed by atoms with Gasteiger partial charge in [0.2, 0.25) is 5.91 Å². The molecule has 1 N–H and O–H groups in total. The van der Waals surface area contributed by atoms with E-state index in [1.807, 2.05) is 6.07 Å². The first-order valence-corrected chi connectivity index (χ1v) is 8.26. The minimum absolute atomic E-state index is 0.0356. The van der Waals surface area contributed by atoms with Crippen molar-refractivity contribution in [2.24, 2.45) is 0 Å². The Hall–Kier alpha value is -1.39. The van der Waals surface area contributed by atoms with Gasteiger partial charge in [-0.25, -0.2) is 0 Å². The van der Waals surface area contributed by atoms with Crippen LogP contribution in [-0.2, 0) is 16.1 Å². The van der Waals surface area contributed by atoms with Crippen molar-refractivity contribution in [2.45, 2.75) is 58.3 Å². The molecule has 2 atom stereocenters. The summed E-state index contributed by atoms with van der Waals surface area (Å²) in [7, 11) is 0. The highest BCUT2D eigenvalue weighted by molar-refractivity contribution is 5.81. The topological polar surface area (TPSA) is 41.6 Å². The Bertz CT molecular complexity index is 455. The second-order valence-electron chi connectivity index (χ2n) is 6.42. The lowest BCUT2D eigenvalue weighted by molar-refractivity contribution is -0.130. The number of hydrogen-bond acceptors (Lipinski definition) is 3. The Balaban J connectivity index is 1.85. The molecule has 1 fully saturated rings. The molecule has 4 heteroatoms. The first-order valence-electron chi connectivity index (χ1n) is 8.26. The molecule has 4 nitrogen and oxygen atoms in total. The van der Waals surface area contributed by atoms with Gasteiger partial charge in [0.15, 0.2) is 0 Å². The third-order valence-electron chi connectivity index (χ3n) is 4.08. The van der Waals surface area contributed by atoms with Crippen LogP contribution in [0.15, 0.2) is 30.3 Å². The molecule has 1 amide bonds. The summed E-state index contributed by atoms with van der Waals surface area (Å²) >= 11 is 0. The zero-order valence-electron chi connectivity index (χ0n) is 13.9. The fraction of sp³-hybridized carbons (Fsp3) is 0.611. The van der Waals surface area contributed by atoms with Gasteiger partial charge in [0.1, 0.15) is 6.10 Å². The summed E-state index contributed by atoms with van der Waals surface area (Å²) in [6, 6.07) is 11.0. The van der Waals surface area contributed by atoms with Gasteiger partial charge >= 0.3 is 0 Å². The van der Waals surface area contributed by atoms with Gasteiger partial charge < -0.3 is 10.1 Å². The SMILES string of the molecule is CC(CN(Cc1ccccc1)C(C)C)NC(=O)C1CCCO1. The van der Waals surface area contributed by atoms with Crippen LogP contribution in [0.5, 0.6) is 0 Å². The van der Waals surface area contributed by atoms with E-state index in [1.54, 1.807) is 0 Å². The average molecular weight is 304 g/mol. The van der Waals surface area contributed by atoms with E-state index in [-0.39, 0.29) is 18.1 Å². The van der Waals surface area contributed by atoms with Crippen molar-refractivity contribution >= 4 is 5.91 Å². The van der Waals surface area contributed by atoms with Crippen molar-refractivity contribution in [3.63, 3.8) is 0 Å². The molecule has 1 heterocycles. The molecule has 0 aliphatic carbocycles. The molecular weight excluding hydrogens is 276 g/mol. The lowest BCUT2D eigenvalue weighted by Crippen LogP contribution is -2.47. The number of benzene rings is 1. The van der Waals surface area contributed by atoms with Gasteiger partial charge in [-0.2, -0.15) is 0 Å². The molecule has 1 aliphatic heterocycles. The zero-order chi connectivity index (χ0) is 15.9. The van der Waals surface area contributed by atoms with Gasteiger partial charge in [0.05, 0.1) is 0 Å². The van der Waals surface area contributed by atoms with Crippen LogP contribution in [0, 0.1) is 0 Å². The lowest BCUT2D eigenvalue weighted by atomic mass is 10.1. The zero-order valence-corrected chi connectivity index (χ0v) is 13.9. The summed E-state index contributed by atoms with van der Waals surface area (Å²) in [6.45, 7) is 8.89. The fourth-order valence-corrected chi connectivity index (χ4v) is 2.79. The van der Waals surface area contributed by atoms with Crippen LogP contribution in [-0.4, -0.2) is 42.1 Å². The molecule has 0 aromatic heterocycles. The molecule has 2 unspecified atom stereocenters. The van der Waals surface area contributed by atoms with Crippen LogP contribution in [0.2, 0.25) is 0 Å². The Morgan fingerprint density at radius 1 is 1.32 bits per heavy atom. The van der Waals surface area contributed by atoms with Crippen molar-refractivity contribution in [1.82, 2.24) is 10.2 Å². The molecule has 0 radical (unpaired) electrons. The smallest absolute Gasteiger partial charge is 0.249 e. The van der Waals surface area contributed by atoms with E-state index >= 15 is 0 Å². The Morgan fingerprint density at radius 3 is 2.64 bits per heavy atom. The highest BCUT2D eigenvalue weighted by Crippen LogP contribution is 2.13. The number of carbonyl (C=O) groups excluding carboxylic acids is 1. The molecule has 0 spiro atoms. The molecule has 22 heavy (non-hydrogen) atoms. The maximum absolute atomic E-state index is 12.1. The molecule has 1 saturated heterocycles. The molecule has 122 valence electrons. The van der Waals surface area contributed by atoms with E-state index in [4.69, 9.17) is 4.74 Å². The summed E-state index contributed by atoms with van der Waals surface area (Å²) in [6.07, 6.45) is 1.58. The van der Waals surface area contributed by atoms with Crippen LogP contribution >= 0.6 is 0 Å². The number of rotatable bonds is 7. The monoisotopic (exact) mass is 304 g/mol. The Kier molecular flexibility index (Phi) is 6.40. The quantitative estimate of drug-likeness (QED) is 0.842. The van der Waals surface area contributed by atoms with E-state index in [0.717, 1.165) is 25.9 Å². The Morgan fingerprint density at radius 2 is 2.05 bits per heavy atom.